The Labute approximate surface area is 148 Å². The lowest BCUT2D eigenvalue weighted by molar-refractivity contribution is 0.0766. The van der Waals surface area contributed by atoms with E-state index in [1.807, 2.05) is 48.5 Å². The molecule has 0 aromatic heterocycles. The Hall–Kier alpha value is -2.53. The number of nitrogens with one attached hydrogen (secondary N) is 1. The van der Waals surface area contributed by atoms with Crippen molar-refractivity contribution in [1.82, 2.24) is 4.90 Å². The van der Waals surface area contributed by atoms with Gasteiger partial charge in [0.05, 0.1) is 6.10 Å². The lowest BCUT2D eigenvalue weighted by Gasteiger charge is -2.34. The Bertz CT molecular complexity index is 703. The minimum atomic E-state index is -0.391. The molecule has 2 aromatic rings. The van der Waals surface area contributed by atoms with Gasteiger partial charge in [0.15, 0.2) is 0 Å². The number of nitrogens with zero attached hydrogens (tertiary/aromatic N) is 1. The Kier molecular flexibility index (Phi) is 5.56. The van der Waals surface area contributed by atoms with Gasteiger partial charge in [0.1, 0.15) is 11.5 Å². The second kappa shape index (κ2) is 8.03. The van der Waals surface area contributed by atoms with Crippen LogP contribution in [0.15, 0.2) is 54.6 Å². The molecule has 0 radical (unpaired) electrons. The summed E-state index contributed by atoms with van der Waals surface area (Å²) < 4.78 is 5.80. The molecule has 0 saturated carbocycles. The molecule has 2 amide bonds. The van der Waals surface area contributed by atoms with Crippen molar-refractivity contribution >= 4 is 11.7 Å². The summed E-state index contributed by atoms with van der Waals surface area (Å²) in [6, 6.07) is 16.7. The van der Waals surface area contributed by atoms with E-state index in [-0.39, 0.29) is 11.9 Å². The SMILES string of the molecule is C[C@H](O)[C@@H]1CCCN(C(=O)Nc2cccc(Oc3ccccc3)c2)C1. The van der Waals surface area contributed by atoms with Crippen LogP contribution < -0.4 is 10.1 Å². The highest BCUT2D eigenvalue weighted by Gasteiger charge is 2.26. The number of carbonyl (C=O) groups excluding carboxylic acids is 1. The van der Waals surface area contributed by atoms with Gasteiger partial charge >= 0.3 is 6.03 Å². The molecule has 2 N–H and O–H groups in total. The molecule has 5 nitrogen and oxygen atoms in total. The summed E-state index contributed by atoms with van der Waals surface area (Å²) >= 11 is 0. The van der Waals surface area contributed by atoms with E-state index >= 15 is 0 Å². The number of piperidine rings is 1. The van der Waals surface area contributed by atoms with Gasteiger partial charge in [0.2, 0.25) is 0 Å². The number of likely N-dealkylation sites (tertiary alicyclic amines) is 1. The van der Waals surface area contributed by atoms with E-state index in [1.54, 1.807) is 17.9 Å². The third-order valence-corrected chi connectivity index (χ3v) is 4.49. The third-order valence-electron chi connectivity index (χ3n) is 4.49. The first-order valence-electron chi connectivity index (χ1n) is 8.69. The van der Waals surface area contributed by atoms with E-state index in [0.29, 0.717) is 18.0 Å². The van der Waals surface area contributed by atoms with Crippen LogP contribution in [0.2, 0.25) is 0 Å². The molecule has 1 fully saturated rings. The van der Waals surface area contributed by atoms with E-state index in [0.717, 1.165) is 25.1 Å². The standard InChI is InChI=1S/C20H24N2O3/c1-15(23)16-7-6-12-22(14-16)20(24)21-17-8-5-11-19(13-17)25-18-9-3-2-4-10-18/h2-5,8-11,13,15-16,23H,6-7,12,14H2,1H3,(H,21,24)/t15-,16+/m0/s1. The molecule has 2 aromatic carbocycles. The first-order chi connectivity index (χ1) is 12.1. The molecular formula is C20H24N2O3. The molecule has 0 unspecified atom stereocenters. The maximum Gasteiger partial charge on any atom is 0.321 e. The first kappa shape index (κ1) is 17.3. The number of urea groups is 1. The number of aliphatic hydroxyl groups excluding tert-OH is 1. The Morgan fingerprint density at radius 1 is 1.20 bits per heavy atom. The van der Waals surface area contributed by atoms with Gasteiger partial charge < -0.3 is 20.1 Å². The highest BCUT2D eigenvalue weighted by Crippen LogP contribution is 2.25. The van der Waals surface area contributed by atoms with Crippen LogP contribution in [0.25, 0.3) is 0 Å². The van der Waals surface area contributed by atoms with E-state index in [1.165, 1.54) is 0 Å². The highest BCUT2D eigenvalue weighted by molar-refractivity contribution is 5.89. The zero-order valence-corrected chi connectivity index (χ0v) is 14.4. The van der Waals surface area contributed by atoms with Crippen molar-refractivity contribution in [3.8, 4) is 11.5 Å². The molecule has 132 valence electrons. The Morgan fingerprint density at radius 3 is 2.72 bits per heavy atom. The molecular weight excluding hydrogens is 316 g/mol. The first-order valence-corrected chi connectivity index (χ1v) is 8.69. The fourth-order valence-corrected chi connectivity index (χ4v) is 3.05. The van der Waals surface area contributed by atoms with Crippen molar-refractivity contribution in [3.63, 3.8) is 0 Å². The summed E-state index contributed by atoms with van der Waals surface area (Å²) in [6.45, 7) is 3.09. The molecule has 1 aliphatic heterocycles. The number of aliphatic hydroxyl groups is 1. The van der Waals surface area contributed by atoms with Gasteiger partial charge in [0, 0.05) is 30.8 Å². The van der Waals surface area contributed by atoms with Crippen LogP contribution >= 0.6 is 0 Å². The average molecular weight is 340 g/mol. The quantitative estimate of drug-likeness (QED) is 0.881. The largest absolute Gasteiger partial charge is 0.457 e. The summed E-state index contributed by atoms with van der Waals surface area (Å²) in [6.07, 6.45) is 1.49. The molecule has 5 heteroatoms. The van der Waals surface area contributed by atoms with Crippen LogP contribution in [-0.2, 0) is 0 Å². The molecule has 25 heavy (non-hydrogen) atoms. The van der Waals surface area contributed by atoms with Crippen molar-refractivity contribution in [1.29, 1.82) is 0 Å². The second-order valence-electron chi connectivity index (χ2n) is 6.46. The molecule has 0 aliphatic carbocycles. The zero-order valence-electron chi connectivity index (χ0n) is 14.4. The number of benzene rings is 2. The van der Waals surface area contributed by atoms with E-state index in [4.69, 9.17) is 4.74 Å². The summed E-state index contributed by atoms with van der Waals surface area (Å²) in [5.74, 6) is 1.57. The highest BCUT2D eigenvalue weighted by atomic mass is 16.5. The smallest absolute Gasteiger partial charge is 0.321 e. The van der Waals surface area contributed by atoms with Gasteiger partial charge in [-0.1, -0.05) is 24.3 Å². The minimum Gasteiger partial charge on any atom is -0.457 e. The predicted molar refractivity (Wildman–Crippen MR) is 98.0 cm³/mol. The number of hydrogen-bond acceptors (Lipinski definition) is 3. The van der Waals surface area contributed by atoms with Crippen molar-refractivity contribution in [2.75, 3.05) is 18.4 Å². The monoisotopic (exact) mass is 340 g/mol. The fourth-order valence-electron chi connectivity index (χ4n) is 3.05. The maximum absolute atomic E-state index is 12.5. The predicted octanol–water partition coefficient (Wildman–Crippen LogP) is 4.10. The molecule has 0 bridgehead atoms. The summed E-state index contributed by atoms with van der Waals surface area (Å²) in [7, 11) is 0. The van der Waals surface area contributed by atoms with Gasteiger partial charge in [-0.05, 0) is 44.0 Å². The zero-order chi connectivity index (χ0) is 17.6. The summed E-state index contributed by atoms with van der Waals surface area (Å²) in [4.78, 5) is 14.3. The molecule has 1 aliphatic rings. The van der Waals surface area contributed by atoms with Crippen LogP contribution in [0.5, 0.6) is 11.5 Å². The molecule has 1 heterocycles. The number of para-hydroxylation sites is 1. The van der Waals surface area contributed by atoms with E-state index in [2.05, 4.69) is 5.32 Å². The fraction of sp³-hybridized carbons (Fsp3) is 0.350. The maximum atomic E-state index is 12.5. The van der Waals surface area contributed by atoms with Gasteiger partial charge in [-0.2, -0.15) is 0 Å². The summed E-state index contributed by atoms with van der Waals surface area (Å²) in [5, 5.41) is 12.7. The van der Waals surface area contributed by atoms with Gasteiger partial charge in [-0.3, -0.25) is 0 Å². The number of ether oxygens (including phenoxy) is 1. The number of amides is 2. The van der Waals surface area contributed by atoms with Gasteiger partial charge in [-0.25, -0.2) is 4.79 Å². The third kappa shape index (κ3) is 4.73. The summed E-state index contributed by atoms with van der Waals surface area (Å²) in [5.41, 5.74) is 0.692. The number of anilines is 1. The second-order valence-corrected chi connectivity index (χ2v) is 6.46. The Morgan fingerprint density at radius 2 is 1.96 bits per heavy atom. The lowest BCUT2D eigenvalue weighted by Crippen LogP contribution is -2.44. The van der Waals surface area contributed by atoms with Crippen LogP contribution in [0.4, 0.5) is 10.5 Å². The van der Waals surface area contributed by atoms with E-state index in [9.17, 15) is 9.90 Å². The average Bonchev–Trinajstić information content (AvgIpc) is 2.63. The van der Waals surface area contributed by atoms with Crippen LogP contribution in [0.3, 0.4) is 0 Å². The van der Waals surface area contributed by atoms with Crippen molar-refractivity contribution in [2.24, 2.45) is 5.92 Å². The molecule has 3 rings (SSSR count). The molecule has 1 saturated heterocycles. The van der Waals surface area contributed by atoms with Crippen molar-refractivity contribution in [2.45, 2.75) is 25.9 Å². The van der Waals surface area contributed by atoms with Crippen molar-refractivity contribution < 1.29 is 14.6 Å². The van der Waals surface area contributed by atoms with Crippen molar-refractivity contribution in [3.05, 3.63) is 54.6 Å². The normalized spacial score (nSPS) is 18.5. The molecule has 0 spiro atoms. The number of hydrogen-bond donors (Lipinski definition) is 2. The number of rotatable bonds is 4. The topological polar surface area (TPSA) is 61.8 Å². The van der Waals surface area contributed by atoms with Gasteiger partial charge in [0.25, 0.3) is 0 Å². The van der Waals surface area contributed by atoms with Crippen LogP contribution in [0, 0.1) is 5.92 Å². The number of carbonyl (C=O) groups is 1. The van der Waals surface area contributed by atoms with Gasteiger partial charge in [-0.15, -0.1) is 0 Å². The van der Waals surface area contributed by atoms with E-state index < -0.39 is 6.10 Å². The lowest BCUT2D eigenvalue weighted by atomic mass is 9.94. The Balaban J connectivity index is 1.62. The van der Waals surface area contributed by atoms with Crippen LogP contribution in [-0.4, -0.2) is 35.2 Å². The minimum absolute atomic E-state index is 0.137. The molecule has 2 atom stereocenters. The van der Waals surface area contributed by atoms with Crippen LogP contribution in [0.1, 0.15) is 19.8 Å².